The van der Waals surface area contributed by atoms with Gasteiger partial charge in [0.05, 0.1) is 11.1 Å². The monoisotopic (exact) mass is 561 g/mol. The lowest BCUT2D eigenvalue weighted by Gasteiger charge is -2.16. The summed E-state index contributed by atoms with van der Waals surface area (Å²) < 4.78 is 131. The van der Waals surface area contributed by atoms with Crippen LogP contribution >= 0.6 is 0 Å². The van der Waals surface area contributed by atoms with Gasteiger partial charge >= 0.3 is 0 Å². The van der Waals surface area contributed by atoms with E-state index in [1.54, 1.807) is 0 Å². The summed E-state index contributed by atoms with van der Waals surface area (Å²) in [5, 5.41) is 3.61. The predicted octanol–water partition coefficient (Wildman–Crippen LogP) is 9.36. The molecule has 38 heavy (non-hydrogen) atoms. The summed E-state index contributed by atoms with van der Waals surface area (Å²) in [6.07, 6.45) is 9.58. The summed E-state index contributed by atoms with van der Waals surface area (Å²) in [4.78, 5) is 0. The van der Waals surface area contributed by atoms with Gasteiger partial charge in [-0.05, 0) is 37.8 Å². The molecule has 0 spiro atoms. The first-order valence-corrected chi connectivity index (χ1v) is 12.6. The second kappa shape index (κ2) is 16.0. The van der Waals surface area contributed by atoms with Crippen LogP contribution < -0.4 is 5.32 Å². The van der Waals surface area contributed by atoms with Crippen LogP contribution in [0, 0.1) is 70.0 Å². The van der Waals surface area contributed by atoms with Crippen molar-refractivity contribution in [3.63, 3.8) is 0 Å². The third-order valence-corrected chi connectivity index (χ3v) is 6.22. The first-order chi connectivity index (χ1) is 17.8. The van der Waals surface area contributed by atoms with Crippen molar-refractivity contribution >= 4 is 0 Å². The Morgan fingerprint density at radius 1 is 0.526 bits per heavy atom. The fourth-order valence-corrected chi connectivity index (χ4v) is 3.94. The van der Waals surface area contributed by atoms with Crippen molar-refractivity contribution in [2.75, 3.05) is 13.1 Å². The summed E-state index contributed by atoms with van der Waals surface area (Å²) >= 11 is 0. The van der Waals surface area contributed by atoms with E-state index in [1.165, 1.54) is 58.0 Å². The largest absolute Gasteiger partial charge is 0.316 e. The summed E-state index contributed by atoms with van der Waals surface area (Å²) in [7, 11) is 0. The summed E-state index contributed by atoms with van der Waals surface area (Å²) in [6.45, 7) is 11.7. The minimum absolute atomic E-state index is 0.848. The maximum atomic E-state index is 13.4. The highest BCUT2D eigenvalue weighted by Gasteiger charge is 2.34. The lowest BCUT2D eigenvalue weighted by atomic mass is 9.96. The normalized spacial score (nSPS) is 12.8. The van der Waals surface area contributed by atoms with Crippen LogP contribution in [-0.2, 0) is 0 Å². The van der Waals surface area contributed by atoms with Gasteiger partial charge in [0.2, 0.25) is 11.6 Å². The third-order valence-electron chi connectivity index (χ3n) is 6.22. The summed E-state index contributed by atoms with van der Waals surface area (Å²) in [5.74, 6) is -24.8. The smallest absolute Gasteiger partial charge is 0.200 e. The highest BCUT2D eigenvalue weighted by atomic mass is 19.2. The van der Waals surface area contributed by atoms with Gasteiger partial charge in [-0.3, -0.25) is 0 Å². The van der Waals surface area contributed by atoms with Gasteiger partial charge in [0.1, 0.15) is 0 Å². The van der Waals surface area contributed by atoms with E-state index in [-0.39, 0.29) is 0 Å². The standard InChI is InChI=1S/C15H33N.C12F10/c1-5-8-10-15(7-3)11-12-16-13-14(4)9-6-2;13-3-1(4(14)8(18)11(21)7(3)17)2-5(15)9(19)12(22)10(20)6(2)16/h14-16H,5-13H2,1-4H3;. The van der Waals surface area contributed by atoms with Crippen LogP contribution in [0.3, 0.4) is 0 Å². The molecule has 0 aliphatic rings. The molecule has 1 nitrogen and oxygen atoms in total. The first-order valence-electron chi connectivity index (χ1n) is 12.6. The van der Waals surface area contributed by atoms with E-state index in [2.05, 4.69) is 33.0 Å². The fraction of sp³-hybridized carbons (Fsp3) is 0.556. The van der Waals surface area contributed by atoms with Crippen molar-refractivity contribution < 1.29 is 43.9 Å². The number of rotatable bonds is 12. The minimum Gasteiger partial charge on any atom is -0.316 e. The first kappa shape index (κ1) is 33.7. The van der Waals surface area contributed by atoms with E-state index in [1.807, 2.05) is 0 Å². The van der Waals surface area contributed by atoms with Gasteiger partial charge in [-0.15, -0.1) is 0 Å². The van der Waals surface area contributed by atoms with Gasteiger partial charge in [0.25, 0.3) is 0 Å². The highest BCUT2D eigenvalue weighted by molar-refractivity contribution is 5.67. The molecule has 0 amide bonds. The van der Waals surface area contributed by atoms with Crippen LogP contribution in [0.5, 0.6) is 0 Å². The molecule has 2 unspecified atom stereocenters. The third kappa shape index (κ3) is 8.35. The number of hydrogen-bond acceptors (Lipinski definition) is 1. The molecule has 2 aromatic carbocycles. The molecular weight excluding hydrogens is 528 g/mol. The van der Waals surface area contributed by atoms with E-state index in [4.69, 9.17) is 0 Å². The molecule has 2 aromatic rings. The Bertz CT molecular complexity index is 932. The highest BCUT2D eigenvalue weighted by Crippen LogP contribution is 2.37. The maximum absolute atomic E-state index is 13.4. The quantitative estimate of drug-likeness (QED) is 0.118. The molecule has 0 radical (unpaired) electrons. The van der Waals surface area contributed by atoms with Crippen molar-refractivity contribution in [3.05, 3.63) is 58.2 Å². The lowest BCUT2D eigenvalue weighted by Crippen LogP contribution is -2.23. The summed E-state index contributed by atoms with van der Waals surface area (Å²) in [5.41, 5.74) is -4.52. The predicted molar refractivity (Wildman–Crippen MR) is 126 cm³/mol. The lowest BCUT2D eigenvalue weighted by molar-refractivity contribution is 0.370. The minimum atomic E-state index is -2.68. The van der Waals surface area contributed by atoms with E-state index in [0.717, 1.165) is 11.8 Å². The Labute approximate surface area is 216 Å². The molecule has 0 saturated carbocycles. The van der Waals surface area contributed by atoms with E-state index < -0.39 is 69.3 Å². The van der Waals surface area contributed by atoms with Crippen molar-refractivity contribution in [3.8, 4) is 11.1 Å². The molecule has 11 heteroatoms. The number of nitrogens with one attached hydrogen (secondary N) is 1. The van der Waals surface area contributed by atoms with Crippen LogP contribution in [0.15, 0.2) is 0 Å². The van der Waals surface area contributed by atoms with Crippen LogP contribution in [0.4, 0.5) is 43.9 Å². The van der Waals surface area contributed by atoms with Gasteiger partial charge in [-0.2, -0.15) is 0 Å². The molecule has 0 heterocycles. The molecule has 1 N–H and O–H groups in total. The van der Waals surface area contributed by atoms with Gasteiger partial charge in [-0.1, -0.05) is 59.8 Å². The Kier molecular flexibility index (Phi) is 14.2. The molecule has 0 fully saturated rings. The summed E-state index contributed by atoms with van der Waals surface area (Å²) in [6, 6.07) is 0. The van der Waals surface area contributed by atoms with Crippen LogP contribution in [-0.4, -0.2) is 13.1 Å². The van der Waals surface area contributed by atoms with Gasteiger partial charge in [-0.25, -0.2) is 43.9 Å². The van der Waals surface area contributed by atoms with E-state index in [9.17, 15) is 43.9 Å². The molecule has 0 aliphatic carbocycles. The SMILES string of the molecule is CCCCC(CC)CCNCC(C)CCC.Fc1c(F)c(F)c(-c2c(F)c(F)c(F)c(F)c2F)c(F)c1F. The Balaban J connectivity index is 0.000000403. The zero-order chi connectivity index (χ0) is 29.2. The van der Waals surface area contributed by atoms with E-state index >= 15 is 0 Å². The molecule has 0 bridgehead atoms. The average Bonchev–Trinajstić information content (AvgIpc) is 2.90. The number of halogens is 10. The van der Waals surface area contributed by atoms with Gasteiger partial charge in [0, 0.05) is 0 Å². The maximum Gasteiger partial charge on any atom is 0.200 e. The van der Waals surface area contributed by atoms with Crippen molar-refractivity contribution in [2.24, 2.45) is 11.8 Å². The van der Waals surface area contributed by atoms with Crippen molar-refractivity contribution in [2.45, 2.75) is 72.6 Å². The van der Waals surface area contributed by atoms with Crippen molar-refractivity contribution in [1.82, 2.24) is 5.32 Å². The second-order valence-corrected chi connectivity index (χ2v) is 9.19. The van der Waals surface area contributed by atoms with Crippen LogP contribution in [0.1, 0.15) is 72.6 Å². The number of benzene rings is 2. The zero-order valence-electron chi connectivity index (χ0n) is 21.8. The van der Waals surface area contributed by atoms with E-state index in [0.29, 0.717) is 0 Å². The Hall–Kier alpha value is -2.30. The molecule has 2 atom stereocenters. The van der Waals surface area contributed by atoms with Crippen molar-refractivity contribution in [1.29, 1.82) is 0 Å². The average molecular weight is 562 g/mol. The molecular formula is C27H33F10N. The molecule has 0 aromatic heterocycles. The molecule has 216 valence electrons. The topological polar surface area (TPSA) is 12.0 Å². The van der Waals surface area contributed by atoms with Gasteiger partial charge < -0.3 is 5.32 Å². The molecule has 0 saturated heterocycles. The van der Waals surface area contributed by atoms with Crippen LogP contribution in [0.2, 0.25) is 0 Å². The fourth-order valence-electron chi connectivity index (χ4n) is 3.94. The zero-order valence-corrected chi connectivity index (χ0v) is 21.8. The second-order valence-electron chi connectivity index (χ2n) is 9.19. The Morgan fingerprint density at radius 3 is 1.26 bits per heavy atom. The number of hydrogen-bond donors (Lipinski definition) is 1. The Morgan fingerprint density at radius 2 is 0.921 bits per heavy atom. The van der Waals surface area contributed by atoms with Gasteiger partial charge in [0.15, 0.2) is 46.5 Å². The number of unbranched alkanes of at least 4 members (excludes halogenated alkanes) is 1. The molecule has 2 rings (SSSR count). The molecule has 0 aliphatic heterocycles. The van der Waals surface area contributed by atoms with Crippen LogP contribution in [0.25, 0.3) is 11.1 Å².